The van der Waals surface area contributed by atoms with Gasteiger partial charge >= 0.3 is 0 Å². The second-order valence-electron chi connectivity index (χ2n) is 4.75. The van der Waals surface area contributed by atoms with Crippen LogP contribution < -0.4 is 5.32 Å². The van der Waals surface area contributed by atoms with Crippen LogP contribution in [0.25, 0.3) is 0 Å². The van der Waals surface area contributed by atoms with Gasteiger partial charge in [-0.15, -0.1) is 0 Å². The Kier molecular flexibility index (Phi) is 3.42. The Hall–Kier alpha value is -0.120. The number of hydrogen-bond acceptors (Lipinski definition) is 3. The molecule has 2 aliphatic heterocycles. The number of nitrogens with one attached hydrogen (secondary N) is 1. The first-order valence-electron chi connectivity index (χ1n) is 5.82. The van der Waals surface area contributed by atoms with E-state index in [1.54, 1.807) is 0 Å². The van der Waals surface area contributed by atoms with Crippen LogP contribution in [0.5, 0.6) is 0 Å². The van der Waals surface area contributed by atoms with E-state index in [1.807, 2.05) is 0 Å². The van der Waals surface area contributed by atoms with Crippen molar-refractivity contribution in [2.45, 2.75) is 44.4 Å². The maximum atomic E-state index is 5.68. The number of likely N-dealkylation sites (N-methyl/N-ethyl adjacent to an activating group) is 1. The zero-order valence-electron chi connectivity index (χ0n) is 9.33. The predicted molar refractivity (Wildman–Crippen MR) is 57.5 cm³/mol. The van der Waals surface area contributed by atoms with Gasteiger partial charge in [-0.25, -0.2) is 0 Å². The number of likely N-dealkylation sites (tertiary alicyclic amines) is 1. The average molecular weight is 198 g/mol. The summed E-state index contributed by atoms with van der Waals surface area (Å²) in [5.74, 6) is 0. The van der Waals surface area contributed by atoms with E-state index in [-0.39, 0.29) is 0 Å². The smallest absolute Gasteiger partial charge is 0.0726 e. The van der Waals surface area contributed by atoms with Crippen molar-refractivity contribution >= 4 is 0 Å². The normalized spacial score (nSPS) is 36.4. The first-order chi connectivity index (χ1) is 6.75. The molecule has 3 nitrogen and oxygen atoms in total. The van der Waals surface area contributed by atoms with Crippen LogP contribution in [0.4, 0.5) is 0 Å². The summed E-state index contributed by atoms with van der Waals surface area (Å²) in [6.07, 6.45) is 4.21. The highest BCUT2D eigenvalue weighted by molar-refractivity contribution is 4.85. The second-order valence-corrected chi connectivity index (χ2v) is 4.75. The number of rotatable bonds is 3. The Labute approximate surface area is 86.8 Å². The highest BCUT2D eigenvalue weighted by Crippen LogP contribution is 2.17. The molecule has 0 aromatic rings. The molecule has 82 valence electrons. The minimum Gasteiger partial charge on any atom is -0.377 e. The lowest BCUT2D eigenvalue weighted by molar-refractivity contribution is 0.0800. The van der Waals surface area contributed by atoms with E-state index in [2.05, 4.69) is 24.2 Å². The fourth-order valence-corrected chi connectivity index (χ4v) is 2.55. The van der Waals surface area contributed by atoms with E-state index in [4.69, 9.17) is 4.74 Å². The molecule has 0 spiro atoms. The van der Waals surface area contributed by atoms with E-state index in [1.165, 1.54) is 32.4 Å². The monoisotopic (exact) mass is 198 g/mol. The van der Waals surface area contributed by atoms with Crippen molar-refractivity contribution in [2.24, 2.45) is 0 Å². The zero-order chi connectivity index (χ0) is 9.97. The van der Waals surface area contributed by atoms with Gasteiger partial charge in [0.25, 0.3) is 0 Å². The van der Waals surface area contributed by atoms with Crippen molar-refractivity contribution in [3.05, 3.63) is 0 Å². The van der Waals surface area contributed by atoms with Gasteiger partial charge in [0, 0.05) is 25.2 Å². The molecule has 0 aromatic carbocycles. The first-order valence-corrected chi connectivity index (χ1v) is 5.82. The summed E-state index contributed by atoms with van der Waals surface area (Å²) < 4.78 is 5.68. The first kappa shape index (κ1) is 10.4. The van der Waals surface area contributed by atoms with Crippen LogP contribution in [0.1, 0.15) is 26.2 Å². The van der Waals surface area contributed by atoms with Gasteiger partial charge in [0.1, 0.15) is 0 Å². The summed E-state index contributed by atoms with van der Waals surface area (Å²) in [6.45, 7) is 5.64. The van der Waals surface area contributed by atoms with Crippen LogP contribution in [0.15, 0.2) is 0 Å². The van der Waals surface area contributed by atoms with Crippen molar-refractivity contribution < 1.29 is 4.74 Å². The molecular weight excluding hydrogens is 176 g/mol. The summed E-state index contributed by atoms with van der Waals surface area (Å²) in [6, 6.07) is 1.20. The fourth-order valence-electron chi connectivity index (χ4n) is 2.55. The molecule has 1 N–H and O–H groups in total. The Morgan fingerprint density at radius 3 is 2.86 bits per heavy atom. The summed E-state index contributed by atoms with van der Waals surface area (Å²) >= 11 is 0. The zero-order valence-corrected chi connectivity index (χ0v) is 9.33. The number of nitrogens with zero attached hydrogens (tertiary/aromatic N) is 1. The molecule has 3 unspecified atom stereocenters. The maximum Gasteiger partial charge on any atom is 0.0726 e. The molecule has 0 bridgehead atoms. The minimum atomic E-state index is 0.459. The summed E-state index contributed by atoms with van der Waals surface area (Å²) in [5.41, 5.74) is 0. The lowest BCUT2D eigenvalue weighted by atomic mass is 10.1. The molecular formula is C11H22N2O. The molecule has 2 heterocycles. The third kappa shape index (κ3) is 2.47. The van der Waals surface area contributed by atoms with E-state index < -0.39 is 0 Å². The van der Waals surface area contributed by atoms with Crippen LogP contribution >= 0.6 is 0 Å². The maximum absolute atomic E-state index is 5.68. The molecule has 2 fully saturated rings. The molecule has 2 aliphatic rings. The molecule has 3 atom stereocenters. The molecule has 0 saturated carbocycles. The molecule has 3 heteroatoms. The molecule has 0 amide bonds. The predicted octanol–water partition coefficient (Wildman–Crippen LogP) is 0.848. The highest BCUT2D eigenvalue weighted by Gasteiger charge is 2.26. The third-order valence-corrected chi connectivity index (χ3v) is 3.41. The molecule has 2 rings (SSSR count). The summed E-state index contributed by atoms with van der Waals surface area (Å²) in [4.78, 5) is 2.39. The van der Waals surface area contributed by atoms with Gasteiger partial charge in [-0.3, -0.25) is 0 Å². The van der Waals surface area contributed by atoms with Gasteiger partial charge < -0.3 is 15.0 Å². The van der Waals surface area contributed by atoms with Crippen molar-refractivity contribution in [3.63, 3.8) is 0 Å². The highest BCUT2D eigenvalue weighted by atomic mass is 16.5. The van der Waals surface area contributed by atoms with Gasteiger partial charge in [0.2, 0.25) is 0 Å². The van der Waals surface area contributed by atoms with Crippen molar-refractivity contribution in [2.75, 3.05) is 26.7 Å². The molecule has 0 aromatic heterocycles. The van der Waals surface area contributed by atoms with Crippen LogP contribution in [-0.2, 0) is 4.74 Å². The molecule has 0 radical (unpaired) electrons. The Morgan fingerprint density at radius 1 is 1.43 bits per heavy atom. The second kappa shape index (κ2) is 4.60. The van der Waals surface area contributed by atoms with Crippen molar-refractivity contribution in [3.8, 4) is 0 Å². The number of hydrogen-bond donors (Lipinski definition) is 1. The van der Waals surface area contributed by atoms with Crippen molar-refractivity contribution in [1.82, 2.24) is 10.2 Å². The topological polar surface area (TPSA) is 24.5 Å². The minimum absolute atomic E-state index is 0.459. The standard InChI is InChI=1S/C11H22N2O/c1-9(11-4-3-7-14-11)12-10-5-6-13(2)8-10/h9-12H,3-8H2,1-2H3. The van der Waals surface area contributed by atoms with E-state index >= 15 is 0 Å². The van der Waals surface area contributed by atoms with Gasteiger partial charge in [-0.1, -0.05) is 0 Å². The lowest BCUT2D eigenvalue weighted by Crippen LogP contribution is -2.44. The SMILES string of the molecule is CC(NC1CCN(C)C1)C1CCCO1. The van der Waals surface area contributed by atoms with Crippen LogP contribution in [0, 0.1) is 0 Å². The summed E-state index contributed by atoms with van der Waals surface area (Å²) in [5, 5.41) is 3.68. The Balaban J connectivity index is 1.73. The van der Waals surface area contributed by atoms with E-state index in [9.17, 15) is 0 Å². The Bertz CT molecular complexity index is 180. The molecule has 14 heavy (non-hydrogen) atoms. The summed E-state index contributed by atoms with van der Waals surface area (Å²) in [7, 11) is 2.19. The molecule has 0 aliphatic carbocycles. The quantitative estimate of drug-likeness (QED) is 0.727. The third-order valence-electron chi connectivity index (χ3n) is 3.41. The van der Waals surface area contributed by atoms with Crippen LogP contribution in [-0.4, -0.2) is 49.8 Å². The number of ether oxygens (including phenoxy) is 1. The van der Waals surface area contributed by atoms with Crippen LogP contribution in [0.2, 0.25) is 0 Å². The van der Waals surface area contributed by atoms with E-state index in [0.29, 0.717) is 18.2 Å². The van der Waals surface area contributed by atoms with Gasteiger partial charge in [0.05, 0.1) is 6.10 Å². The van der Waals surface area contributed by atoms with Crippen LogP contribution in [0.3, 0.4) is 0 Å². The fraction of sp³-hybridized carbons (Fsp3) is 1.00. The van der Waals surface area contributed by atoms with E-state index in [0.717, 1.165) is 6.61 Å². The van der Waals surface area contributed by atoms with Crippen molar-refractivity contribution in [1.29, 1.82) is 0 Å². The molecule has 2 saturated heterocycles. The lowest BCUT2D eigenvalue weighted by Gasteiger charge is -2.24. The average Bonchev–Trinajstić information content (AvgIpc) is 2.75. The largest absolute Gasteiger partial charge is 0.377 e. The Morgan fingerprint density at radius 2 is 2.29 bits per heavy atom. The van der Waals surface area contributed by atoms with Gasteiger partial charge in [0.15, 0.2) is 0 Å². The van der Waals surface area contributed by atoms with Gasteiger partial charge in [-0.2, -0.15) is 0 Å². The van der Waals surface area contributed by atoms with Gasteiger partial charge in [-0.05, 0) is 39.8 Å².